The molecule has 0 aliphatic carbocycles. The van der Waals surface area contributed by atoms with Crippen molar-refractivity contribution in [3.05, 3.63) is 29.8 Å². The highest BCUT2D eigenvalue weighted by Crippen LogP contribution is 2.30. The smallest absolute Gasteiger partial charge is 0.145 e. The van der Waals surface area contributed by atoms with Crippen LogP contribution in [0.4, 0.5) is 4.39 Å². The zero-order chi connectivity index (χ0) is 12.2. The summed E-state index contributed by atoms with van der Waals surface area (Å²) in [5.41, 5.74) is -0.560. The van der Waals surface area contributed by atoms with E-state index in [1.54, 1.807) is 25.7 Å². The lowest BCUT2D eigenvalue weighted by molar-refractivity contribution is 0.190. The summed E-state index contributed by atoms with van der Waals surface area (Å²) in [6.45, 7) is 6.23. The van der Waals surface area contributed by atoms with Gasteiger partial charge < -0.3 is 5.32 Å². The number of likely N-dealkylation sites (N-methyl/N-ethyl adjacent to an activating group) is 1. The Morgan fingerprint density at radius 1 is 1.44 bits per heavy atom. The van der Waals surface area contributed by atoms with Crippen molar-refractivity contribution in [2.75, 3.05) is 13.6 Å². The number of nitrogens with one attached hydrogen (secondary N) is 1. The third kappa shape index (κ3) is 3.80. The Bertz CT molecular complexity index is 336. The summed E-state index contributed by atoms with van der Waals surface area (Å²) < 4.78 is 14.3. The van der Waals surface area contributed by atoms with Crippen molar-refractivity contribution in [1.29, 1.82) is 0 Å². The summed E-state index contributed by atoms with van der Waals surface area (Å²) in [4.78, 5) is 1.13. The van der Waals surface area contributed by atoms with Gasteiger partial charge in [0.05, 0.1) is 0 Å². The van der Waals surface area contributed by atoms with Crippen molar-refractivity contribution in [3.8, 4) is 0 Å². The Morgan fingerprint density at radius 3 is 2.69 bits per heavy atom. The summed E-state index contributed by atoms with van der Waals surface area (Å²) in [6, 6.07) is 7.75. The first-order chi connectivity index (χ1) is 7.45. The topological polar surface area (TPSA) is 12.0 Å². The van der Waals surface area contributed by atoms with Crippen LogP contribution in [0.2, 0.25) is 0 Å². The van der Waals surface area contributed by atoms with Gasteiger partial charge in [-0.2, -0.15) is 0 Å². The van der Waals surface area contributed by atoms with Crippen molar-refractivity contribution in [2.24, 2.45) is 0 Å². The Kier molecular flexibility index (Phi) is 4.81. The number of thioether (sulfide) groups is 1. The first-order valence-corrected chi connectivity index (χ1v) is 6.44. The molecule has 0 aromatic heterocycles. The van der Waals surface area contributed by atoms with Crippen LogP contribution in [0.5, 0.6) is 0 Å². The molecule has 0 saturated heterocycles. The normalized spacial score (nSPS) is 15.1. The molecule has 1 N–H and O–H groups in total. The van der Waals surface area contributed by atoms with Gasteiger partial charge in [0.15, 0.2) is 0 Å². The second-order valence-electron chi connectivity index (χ2n) is 4.42. The van der Waals surface area contributed by atoms with Crippen molar-refractivity contribution in [1.82, 2.24) is 5.32 Å². The maximum atomic E-state index is 14.3. The quantitative estimate of drug-likeness (QED) is 0.791. The Balaban J connectivity index is 2.89. The van der Waals surface area contributed by atoms with Gasteiger partial charge in [0, 0.05) is 16.7 Å². The minimum Gasteiger partial charge on any atom is -0.316 e. The number of hydrogen-bond donors (Lipinski definition) is 1. The monoisotopic (exact) mass is 241 g/mol. The van der Waals surface area contributed by atoms with Gasteiger partial charge in [-0.1, -0.05) is 26.0 Å². The number of benzene rings is 1. The summed E-state index contributed by atoms with van der Waals surface area (Å²) in [5.74, 6) is 0. The first kappa shape index (κ1) is 13.5. The van der Waals surface area contributed by atoms with Crippen LogP contribution in [0.15, 0.2) is 29.2 Å². The van der Waals surface area contributed by atoms with Gasteiger partial charge in [-0.05, 0) is 31.7 Å². The van der Waals surface area contributed by atoms with Crippen molar-refractivity contribution >= 4 is 11.8 Å². The first-order valence-electron chi connectivity index (χ1n) is 5.56. The molecule has 1 unspecified atom stereocenters. The second-order valence-corrected chi connectivity index (χ2v) is 6.07. The molecule has 1 nitrogen and oxygen atoms in total. The largest absolute Gasteiger partial charge is 0.316 e. The summed E-state index contributed by atoms with van der Waals surface area (Å²) in [6.07, 6.45) is 0. The molecule has 90 valence electrons. The molecule has 0 spiro atoms. The molecule has 0 radical (unpaired) electrons. The SMILES string of the molecule is CNCC(C)(F)c1cccc(SC(C)C)c1. The fraction of sp³-hybridized carbons (Fsp3) is 0.538. The Labute approximate surface area is 102 Å². The number of rotatable bonds is 5. The molecule has 0 saturated carbocycles. The molecule has 0 bridgehead atoms. The highest BCUT2D eigenvalue weighted by Gasteiger charge is 2.24. The van der Waals surface area contributed by atoms with Gasteiger partial charge >= 0.3 is 0 Å². The van der Waals surface area contributed by atoms with Crippen LogP contribution < -0.4 is 5.32 Å². The van der Waals surface area contributed by atoms with Crippen LogP contribution in [-0.4, -0.2) is 18.8 Å². The minimum atomic E-state index is -1.30. The van der Waals surface area contributed by atoms with E-state index in [-0.39, 0.29) is 0 Å². The lowest BCUT2D eigenvalue weighted by Gasteiger charge is -2.21. The highest BCUT2D eigenvalue weighted by atomic mass is 32.2. The van der Waals surface area contributed by atoms with Crippen LogP contribution >= 0.6 is 11.8 Å². The number of hydrogen-bond acceptors (Lipinski definition) is 2. The maximum Gasteiger partial charge on any atom is 0.145 e. The van der Waals surface area contributed by atoms with Crippen molar-refractivity contribution in [2.45, 2.75) is 36.6 Å². The molecule has 0 aliphatic heterocycles. The van der Waals surface area contributed by atoms with E-state index in [2.05, 4.69) is 19.2 Å². The molecule has 16 heavy (non-hydrogen) atoms. The summed E-state index contributed by atoms with van der Waals surface area (Å²) in [5, 5.41) is 3.40. The van der Waals surface area contributed by atoms with E-state index in [1.807, 2.05) is 24.3 Å². The van der Waals surface area contributed by atoms with Gasteiger partial charge in [0.2, 0.25) is 0 Å². The molecule has 0 amide bonds. The van der Waals surface area contributed by atoms with Crippen molar-refractivity contribution < 1.29 is 4.39 Å². The summed E-state index contributed by atoms with van der Waals surface area (Å²) >= 11 is 1.76. The number of halogens is 1. The molecular weight excluding hydrogens is 221 g/mol. The number of alkyl halides is 1. The van der Waals surface area contributed by atoms with Gasteiger partial charge in [0.1, 0.15) is 5.67 Å². The van der Waals surface area contributed by atoms with Crippen LogP contribution in [-0.2, 0) is 5.67 Å². The second kappa shape index (κ2) is 5.69. The van der Waals surface area contributed by atoms with Crippen LogP contribution in [0, 0.1) is 0 Å². The predicted molar refractivity (Wildman–Crippen MR) is 69.8 cm³/mol. The van der Waals surface area contributed by atoms with E-state index in [0.717, 1.165) is 10.5 Å². The fourth-order valence-corrected chi connectivity index (χ4v) is 2.50. The summed E-state index contributed by atoms with van der Waals surface area (Å²) in [7, 11) is 1.77. The average molecular weight is 241 g/mol. The van der Waals surface area contributed by atoms with Gasteiger partial charge in [-0.3, -0.25) is 0 Å². The average Bonchev–Trinajstić information content (AvgIpc) is 2.17. The van der Waals surface area contributed by atoms with Gasteiger partial charge in [-0.25, -0.2) is 4.39 Å². The molecule has 1 aromatic carbocycles. The molecule has 3 heteroatoms. The zero-order valence-corrected chi connectivity index (χ0v) is 11.2. The standard InChI is InChI=1S/C13H20FNS/c1-10(2)16-12-7-5-6-11(8-12)13(3,14)9-15-4/h5-8,10,15H,9H2,1-4H3. The molecule has 1 atom stereocenters. The maximum absolute atomic E-state index is 14.3. The third-order valence-corrected chi connectivity index (χ3v) is 3.31. The molecule has 0 heterocycles. The molecular formula is C13H20FNS. The fourth-order valence-electron chi connectivity index (χ4n) is 1.60. The van der Waals surface area contributed by atoms with Crippen LogP contribution in [0.1, 0.15) is 26.3 Å². The third-order valence-electron chi connectivity index (χ3n) is 2.32. The zero-order valence-electron chi connectivity index (χ0n) is 10.4. The van der Waals surface area contributed by atoms with Crippen LogP contribution in [0.3, 0.4) is 0 Å². The van der Waals surface area contributed by atoms with Gasteiger partial charge in [0.25, 0.3) is 0 Å². The van der Waals surface area contributed by atoms with Crippen LogP contribution in [0.25, 0.3) is 0 Å². The van der Waals surface area contributed by atoms with E-state index >= 15 is 0 Å². The Morgan fingerprint density at radius 2 is 2.12 bits per heavy atom. The van der Waals surface area contributed by atoms with E-state index < -0.39 is 5.67 Å². The van der Waals surface area contributed by atoms with Crippen molar-refractivity contribution in [3.63, 3.8) is 0 Å². The van der Waals surface area contributed by atoms with E-state index in [9.17, 15) is 4.39 Å². The predicted octanol–water partition coefficient (Wildman–Crippen LogP) is 3.59. The Hall–Kier alpha value is -0.540. The van der Waals surface area contributed by atoms with E-state index in [1.165, 1.54) is 0 Å². The molecule has 0 fully saturated rings. The molecule has 1 aromatic rings. The lowest BCUT2D eigenvalue weighted by Crippen LogP contribution is -2.29. The minimum absolute atomic E-state index is 0.336. The van der Waals surface area contributed by atoms with E-state index in [4.69, 9.17) is 0 Å². The molecule has 1 rings (SSSR count). The lowest BCUT2D eigenvalue weighted by atomic mass is 9.98. The van der Waals surface area contributed by atoms with E-state index in [0.29, 0.717) is 11.8 Å². The van der Waals surface area contributed by atoms with Gasteiger partial charge in [-0.15, -0.1) is 11.8 Å². The molecule has 0 aliphatic rings. The highest BCUT2D eigenvalue weighted by molar-refractivity contribution is 7.99.